The number of hydrogen-bond donors (Lipinski definition) is 2. The fourth-order valence-electron chi connectivity index (χ4n) is 4.32. The van der Waals surface area contributed by atoms with Gasteiger partial charge in [-0.2, -0.15) is 0 Å². The Morgan fingerprint density at radius 2 is 1.81 bits per heavy atom. The van der Waals surface area contributed by atoms with Crippen molar-refractivity contribution in [2.24, 2.45) is 29.6 Å². The van der Waals surface area contributed by atoms with E-state index in [2.05, 4.69) is 19.9 Å². The Kier molecular flexibility index (Phi) is 11.3. The van der Waals surface area contributed by atoms with E-state index in [9.17, 15) is 19.5 Å². The normalized spacial score (nSPS) is 28.7. The number of rotatable bonds is 9. The van der Waals surface area contributed by atoms with Crippen LogP contribution in [-0.2, 0) is 19.1 Å². The van der Waals surface area contributed by atoms with Crippen molar-refractivity contribution in [3.8, 4) is 0 Å². The van der Waals surface area contributed by atoms with Gasteiger partial charge in [0, 0.05) is 12.3 Å². The van der Waals surface area contributed by atoms with E-state index in [1.165, 1.54) is 6.92 Å². The van der Waals surface area contributed by atoms with E-state index in [1.807, 2.05) is 33.8 Å². The number of aliphatic hydroxyl groups is 1. The molecule has 32 heavy (non-hydrogen) atoms. The van der Waals surface area contributed by atoms with Crippen LogP contribution >= 0.6 is 0 Å². The van der Waals surface area contributed by atoms with E-state index >= 15 is 0 Å². The fraction of sp³-hybridized carbons (Fsp3) is 0.731. The minimum Gasteiger partial charge on any atom is -0.481 e. The van der Waals surface area contributed by atoms with Gasteiger partial charge in [0.15, 0.2) is 0 Å². The zero-order valence-electron chi connectivity index (χ0n) is 20.8. The van der Waals surface area contributed by atoms with Gasteiger partial charge in [0.05, 0.1) is 17.9 Å². The molecule has 1 rings (SSSR count). The van der Waals surface area contributed by atoms with Crippen molar-refractivity contribution >= 4 is 17.7 Å². The quantitative estimate of drug-likeness (QED) is 0.381. The lowest BCUT2D eigenvalue weighted by atomic mass is 9.88. The second-order valence-electron chi connectivity index (χ2n) is 10.0. The molecule has 1 heterocycles. The molecule has 0 fully saturated rings. The maximum atomic E-state index is 12.7. The van der Waals surface area contributed by atoms with E-state index in [-0.39, 0.29) is 35.9 Å². The number of aliphatic hydroxyl groups excluding tert-OH is 1. The second-order valence-corrected chi connectivity index (χ2v) is 10.0. The van der Waals surface area contributed by atoms with Crippen LogP contribution in [0.5, 0.6) is 0 Å². The molecule has 0 radical (unpaired) electrons. The second kappa shape index (κ2) is 12.9. The van der Waals surface area contributed by atoms with Crippen LogP contribution in [0.3, 0.4) is 0 Å². The molecule has 0 bridgehead atoms. The van der Waals surface area contributed by atoms with Gasteiger partial charge in [0.1, 0.15) is 11.9 Å². The van der Waals surface area contributed by atoms with Crippen LogP contribution in [-0.4, -0.2) is 40.1 Å². The zero-order valence-corrected chi connectivity index (χ0v) is 20.8. The first-order valence-electron chi connectivity index (χ1n) is 11.8. The highest BCUT2D eigenvalue weighted by Crippen LogP contribution is 2.26. The maximum Gasteiger partial charge on any atom is 0.309 e. The van der Waals surface area contributed by atoms with Crippen LogP contribution in [0.15, 0.2) is 23.3 Å². The summed E-state index contributed by atoms with van der Waals surface area (Å²) in [6, 6.07) is 0. The number of allylic oxidation sites excluding steroid dienone is 3. The Bertz CT molecular complexity index is 722. The molecule has 0 aromatic heterocycles. The van der Waals surface area contributed by atoms with Crippen LogP contribution in [0.1, 0.15) is 80.6 Å². The molecule has 7 atom stereocenters. The van der Waals surface area contributed by atoms with Gasteiger partial charge < -0.3 is 14.9 Å². The molecule has 0 spiro atoms. The molecule has 1 aliphatic heterocycles. The number of cyclic esters (lactones) is 1. The molecule has 6 nitrogen and oxygen atoms in total. The number of aliphatic carboxylic acids is 1. The number of Topliss-reactive ketones (excluding diaryl/α,β-unsaturated/α-hetero) is 1. The summed E-state index contributed by atoms with van der Waals surface area (Å²) in [5, 5.41) is 19.0. The summed E-state index contributed by atoms with van der Waals surface area (Å²) < 4.78 is 5.76. The molecule has 7 unspecified atom stereocenters. The Morgan fingerprint density at radius 1 is 1.19 bits per heavy atom. The van der Waals surface area contributed by atoms with Crippen LogP contribution in [0.2, 0.25) is 0 Å². The lowest BCUT2D eigenvalue weighted by molar-refractivity contribution is -0.153. The average Bonchev–Trinajstić information content (AvgIpc) is 2.69. The standard InChI is InChI=1S/C26H42O6/c1-15(8-9-22(27)21(7)25(29)30)10-16(2)12-19(5)24-14-23(28)18(4)11-17(3)13-20(6)26(31)32-24/h11-12,15-16,18,20-22,24,27H,8-10,13-14H2,1-7H3,(H,29,30)/b17-11+,19-12+. The van der Waals surface area contributed by atoms with Gasteiger partial charge in [0.25, 0.3) is 0 Å². The first-order chi connectivity index (χ1) is 14.8. The topological polar surface area (TPSA) is 101 Å². The Labute approximate surface area is 193 Å². The molecule has 2 N–H and O–H groups in total. The van der Waals surface area contributed by atoms with E-state index < -0.39 is 24.1 Å². The number of carbonyl (C=O) groups excluding carboxylic acids is 2. The third-order valence-electron chi connectivity index (χ3n) is 6.47. The minimum absolute atomic E-state index is 0.0620. The van der Waals surface area contributed by atoms with Crippen molar-refractivity contribution in [3.05, 3.63) is 23.3 Å². The third-order valence-corrected chi connectivity index (χ3v) is 6.47. The molecule has 0 saturated carbocycles. The Hall–Kier alpha value is -1.95. The minimum atomic E-state index is -0.985. The SMILES string of the molecule is C/C1=C\C(C)C(=O)CC(/C(C)=C/C(C)CC(C)CCC(O)C(C)C(=O)O)OC(=O)C(C)C1. The predicted octanol–water partition coefficient (Wildman–Crippen LogP) is 4.95. The number of carbonyl (C=O) groups is 3. The lowest BCUT2D eigenvalue weighted by Crippen LogP contribution is -2.29. The zero-order chi connectivity index (χ0) is 24.6. The van der Waals surface area contributed by atoms with Crippen molar-refractivity contribution in [2.45, 2.75) is 92.8 Å². The summed E-state index contributed by atoms with van der Waals surface area (Å²) in [7, 11) is 0. The van der Waals surface area contributed by atoms with Gasteiger partial charge in [-0.05, 0) is 63.9 Å². The molecule has 0 aromatic rings. The van der Waals surface area contributed by atoms with Crippen molar-refractivity contribution in [1.29, 1.82) is 0 Å². The molecule has 1 aliphatic rings. The lowest BCUT2D eigenvalue weighted by Gasteiger charge is -2.25. The number of ketones is 1. The molecule has 6 heteroatoms. The van der Waals surface area contributed by atoms with Gasteiger partial charge in [-0.3, -0.25) is 14.4 Å². The van der Waals surface area contributed by atoms with E-state index in [0.29, 0.717) is 18.8 Å². The number of carboxylic acid groups (broad SMARTS) is 1. The predicted molar refractivity (Wildman–Crippen MR) is 125 cm³/mol. The first kappa shape index (κ1) is 28.1. The molecule has 0 aromatic carbocycles. The maximum absolute atomic E-state index is 12.7. The van der Waals surface area contributed by atoms with Crippen LogP contribution in [0.4, 0.5) is 0 Å². The molecular weight excluding hydrogens is 408 g/mol. The smallest absolute Gasteiger partial charge is 0.309 e. The van der Waals surface area contributed by atoms with Crippen LogP contribution in [0, 0.1) is 29.6 Å². The third kappa shape index (κ3) is 9.27. The van der Waals surface area contributed by atoms with Gasteiger partial charge in [0.2, 0.25) is 0 Å². The van der Waals surface area contributed by atoms with Gasteiger partial charge in [-0.25, -0.2) is 0 Å². The van der Waals surface area contributed by atoms with Gasteiger partial charge >= 0.3 is 11.9 Å². The Morgan fingerprint density at radius 3 is 2.41 bits per heavy atom. The van der Waals surface area contributed by atoms with Gasteiger partial charge in [-0.15, -0.1) is 0 Å². The summed E-state index contributed by atoms with van der Waals surface area (Å²) in [5.74, 6) is -1.93. The number of esters is 1. The van der Waals surface area contributed by atoms with E-state index in [0.717, 1.165) is 24.0 Å². The molecule has 182 valence electrons. The largest absolute Gasteiger partial charge is 0.481 e. The number of ether oxygens (including phenoxy) is 1. The van der Waals surface area contributed by atoms with E-state index in [4.69, 9.17) is 9.84 Å². The fourth-order valence-corrected chi connectivity index (χ4v) is 4.32. The molecular formula is C26H42O6. The summed E-state index contributed by atoms with van der Waals surface area (Å²) in [6.07, 6.45) is 5.42. The molecule has 0 aliphatic carbocycles. The van der Waals surface area contributed by atoms with Crippen molar-refractivity contribution in [1.82, 2.24) is 0 Å². The molecule has 0 amide bonds. The van der Waals surface area contributed by atoms with Crippen molar-refractivity contribution in [3.63, 3.8) is 0 Å². The van der Waals surface area contributed by atoms with Gasteiger partial charge in [-0.1, -0.05) is 45.4 Å². The van der Waals surface area contributed by atoms with E-state index in [1.54, 1.807) is 0 Å². The summed E-state index contributed by atoms with van der Waals surface area (Å²) in [5.41, 5.74) is 1.91. The highest BCUT2D eigenvalue weighted by Gasteiger charge is 2.27. The van der Waals surface area contributed by atoms with Crippen LogP contribution in [0.25, 0.3) is 0 Å². The van der Waals surface area contributed by atoms with Crippen LogP contribution < -0.4 is 0 Å². The molecule has 0 saturated heterocycles. The first-order valence-corrected chi connectivity index (χ1v) is 11.8. The Balaban J connectivity index is 2.79. The van der Waals surface area contributed by atoms with Crippen molar-refractivity contribution in [2.75, 3.05) is 0 Å². The average molecular weight is 451 g/mol. The van der Waals surface area contributed by atoms with Crippen molar-refractivity contribution < 1.29 is 29.3 Å². The summed E-state index contributed by atoms with van der Waals surface area (Å²) >= 11 is 0. The number of hydrogen-bond acceptors (Lipinski definition) is 5. The number of carboxylic acids is 1. The summed E-state index contributed by atoms with van der Waals surface area (Å²) in [6.45, 7) is 13.3. The monoisotopic (exact) mass is 450 g/mol. The highest BCUT2D eigenvalue weighted by atomic mass is 16.5. The highest BCUT2D eigenvalue weighted by molar-refractivity contribution is 5.84. The summed E-state index contributed by atoms with van der Waals surface area (Å²) in [4.78, 5) is 36.2.